The van der Waals surface area contributed by atoms with Gasteiger partial charge in [-0.2, -0.15) is 0 Å². The molecule has 1 spiro atoms. The molecule has 2 aromatic carbocycles. The van der Waals surface area contributed by atoms with Gasteiger partial charge < -0.3 is 29.3 Å². The number of hydrogen-bond acceptors (Lipinski definition) is 7. The third kappa shape index (κ3) is 2.83. The largest absolute Gasteiger partial charge is 0.497 e. The van der Waals surface area contributed by atoms with Crippen molar-refractivity contribution < 1.29 is 27.9 Å². The smallest absolute Gasteiger partial charge is 0.494 e. The first-order chi connectivity index (χ1) is 14.6. The van der Waals surface area contributed by atoms with Crippen LogP contribution in [-0.2, 0) is 19.6 Å². The molecule has 1 fully saturated rings. The Morgan fingerprint density at radius 2 is 1.77 bits per heavy atom. The van der Waals surface area contributed by atoms with E-state index < -0.39 is 29.7 Å². The van der Waals surface area contributed by atoms with Crippen molar-refractivity contribution in [2.75, 3.05) is 13.7 Å². The van der Waals surface area contributed by atoms with E-state index >= 15 is 0 Å². The molecule has 3 heterocycles. The second-order valence-corrected chi connectivity index (χ2v) is 9.03. The normalized spacial score (nSPS) is 24.8. The van der Waals surface area contributed by atoms with Gasteiger partial charge in [0.05, 0.1) is 18.3 Å². The van der Waals surface area contributed by atoms with Crippen LogP contribution in [0, 0.1) is 5.82 Å². The maximum absolute atomic E-state index is 14.9. The number of hydrogen-bond donors (Lipinski definition) is 1. The molecule has 0 aromatic heterocycles. The molecule has 7 nitrogen and oxygen atoms in total. The summed E-state index contributed by atoms with van der Waals surface area (Å²) in [5.41, 5.74) is 5.86. The van der Waals surface area contributed by atoms with Gasteiger partial charge in [-0.25, -0.2) is 9.38 Å². The molecule has 3 aliphatic heterocycles. The predicted molar refractivity (Wildman–Crippen MR) is 114 cm³/mol. The monoisotopic (exact) mass is 426 g/mol. The van der Waals surface area contributed by atoms with E-state index in [1.165, 1.54) is 13.2 Å². The molecule has 1 saturated heterocycles. The number of ether oxygens (including phenoxy) is 3. The fourth-order valence-corrected chi connectivity index (χ4v) is 4.14. The highest BCUT2D eigenvalue weighted by atomic mass is 19.1. The Labute approximate surface area is 180 Å². The summed E-state index contributed by atoms with van der Waals surface area (Å²) < 4.78 is 44.1. The van der Waals surface area contributed by atoms with Crippen LogP contribution in [-0.4, -0.2) is 38.1 Å². The molecule has 5 rings (SSSR count). The van der Waals surface area contributed by atoms with E-state index in [9.17, 15) is 4.39 Å². The molecule has 0 saturated carbocycles. The molecule has 0 aliphatic carbocycles. The van der Waals surface area contributed by atoms with Crippen LogP contribution in [0.25, 0.3) is 0 Å². The first-order valence-electron chi connectivity index (χ1n) is 10.1. The van der Waals surface area contributed by atoms with Crippen molar-refractivity contribution >= 4 is 18.6 Å². The molecule has 0 amide bonds. The Morgan fingerprint density at radius 3 is 2.39 bits per heavy atom. The Balaban J connectivity index is 1.67. The quantitative estimate of drug-likeness (QED) is 0.744. The van der Waals surface area contributed by atoms with Crippen LogP contribution in [0.15, 0.2) is 35.3 Å². The maximum Gasteiger partial charge on any atom is 0.494 e. The molecule has 2 aromatic rings. The third-order valence-electron chi connectivity index (χ3n) is 6.62. The maximum atomic E-state index is 14.9. The summed E-state index contributed by atoms with van der Waals surface area (Å²) in [5, 5.41) is 0. The molecule has 162 valence electrons. The Kier molecular flexibility index (Phi) is 4.14. The van der Waals surface area contributed by atoms with Crippen LogP contribution in [0.4, 0.5) is 4.39 Å². The number of aliphatic imine (C=N–C) groups is 1. The van der Waals surface area contributed by atoms with Gasteiger partial charge in [0.1, 0.15) is 18.1 Å². The van der Waals surface area contributed by atoms with Gasteiger partial charge in [-0.1, -0.05) is 12.1 Å². The van der Waals surface area contributed by atoms with E-state index in [0.717, 1.165) is 5.46 Å². The standard InChI is InChI=1S/C22H24BFN2O5/c1-20(2)21(3,4)31-23(30-20)12-6-7-17-14(8-12)22(11-28-19(25)26-22)15-9-13(27-5)10-16(24)18(15)29-17/h6-10H,11H2,1-5H3,(H2,25,26). The fraction of sp³-hybridized carbons (Fsp3) is 0.409. The minimum atomic E-state index is -1.07. The van der Waals surface area contributed by atoms with E-state index in [-0.39, 0.29) is 18.4 Å². The van der Waals surface area contributed by atoms with E-state index in [2.05, 4.69) is 4.99 Å². The van der Waals surface area contributed by atoms with Crippen molar-refractivity contribution in [3.8, 4) is 17.2 Å². The number of benzene rings is 2. The molecule has 2 N–H and O–H groups in total. The zero-order valence-electron chi connectivity index (χ0n) is 18.1. The average molecular weight is 426 g/mol. The van der Waals surface area contributed by atoms with Gasteiger partial charge in [0, 0.05) is 17.2 Å². The van der Waals surface area contributed by atoms with Gasteiger partial charge in [-0.05, 0) is 45.3 Å². The summed E-state index contributed by atoms with van der Waals surface area (Å²) in [5.74, 6) is 0.359. The summed E-state index contributed by atoms with van der Waals surface area (Å²) in [6.45, 7) is 8.10. The lowest BCUT2D eigenvalue weighted by atomic mass is 9.74. The topological polar surface area (TPSA) is 84.5 Å². The zero-order chi connectivity index (χ0) is 22.2. The number of nitrogens with two attached hydrogens (primary N) is 1. The summed E-state index contributed by atoms with van der Waals surface area (Å²) in [6, 6.07) is 8.54. The fourth-order valence-electron chi connectivity index (χ4n) is 4.14. The van der Waals surface area contributed by atoms with E-state index in [1.54, 1.807) is 12.1 Å². The first kappa shape index (κ1) is 20.1. The van der Waals surface area contributed by atoms with Gasteiger partial charge in [-0.15, -0.1) is 0 Å². The van der Waals surface area contributed by atoms with Crippen LogP contribution in [0.2, 0.25) is 0 Å². The van der Waals surface area contributed by atoms with Crippen LogP contribution < -0.4 is 20.7 Å². The Bertz CT molecular complexity index is 1100. The molecule has 0 bridgehead atoms. The van der Waals surface area contributed by atoms with Crippen molar-refractivity contribution in [3.05, 3.63) is 47.3 Å². The lowest BCUT2D eigenvalue weighted by Crippen LogP contribution is -2.41. The van der Waals surface area contributed by atoms with Crippen LogP contribution >= 0.6 is 0 Å². The number of amidine groups is 1. The molecule has 1 unspecified atom stereocenters. The lowest BCUT2D eigenvalue weighted by molar-refractivity contribution is 0.00578. The minimum Gasteiger partial charge on any atom is -0.497 e. The van der Waals surface area contributed by atoms with Gasteiger partial charge in [0.2, 0.25) is 0 Å². The first-order valence-corrected chi connectivity index (χ1v) is 10.1. The molecule has 31 heavy (non-hydrogen) atoms. The third-order valence-corrected chi connectivity index (χ3v) is 6.62. The Morgan fingerprint density at radius 1 is 1.06 bits per heavy atom. The van der Waals surface area contributed by atoms with E-state index in [0.29, 0.717) is 22.6 Å². The van der Waals surface area contributed by atoms with Crippen LogP contribution in [0.5, 0.6) is 17.2 Å². The zero-order valence-corrected chi connectivity index (χ0v) is 18.1. The van der Waals surface area contributed by atoms with Gasteiger partial charge in [-0.3, -0.25) is 0 Å². The summed E-state index contributed by atoms with van der Waals surface area (Å²) in [7, 11) is 0.907. The van der Waals surface area contributed by atoms with Crippen molar-refractivity contribution in [2.24, 2.45) is 10.7 Å². The Hall–Kier alpha value is -2.78. The molecule has 9 heteroatoms. The number of fused-ring (bicyclic) bond motifs is 4. The SMILES string of the molecule is COc1cc(F)c2c(c1)C1(COC(N)=N1)c1cc(B3OC(C)(C)C(C)(C)O3)ccc1O2. The molecule has 1 atom stereocenters. The lowest BCUT2D eigenvalue weighted by Gasteiger charge is -2.34. The van der Waals surface area contributed by atoms with Crippen molar-refractivity contribution in [1.29, 1.82) is 0 Å². The highest BCUT2D eigenvalue weighted by Crippen LogP contribution is 2.52. The molecular weight excluding hydrogens is 402 g/mol. The van der Waals surface area contributed by atoms with Gasteiger partial charge >= 0.3 is 7.12 Å². The minimum absolute atomic E-state index is 0.0306. The van der Waals surface area contributed by atoms with E-state index in [4.69, 9.17) is 29.3 Å². The summed E-state index contributed by atoms with van der Waals surface area (Å²) >= 11 is 0. The van der Waals surface area contributed by atoms with E-state index in [1.807, 2.05) is 39.8 Å². The number of nitrogens with zero attached hydrogens (tertiary/aromatic N) is 1. The van der Waals surface area contributed by atoms with Crippen molar-refractivity contribution in [2.45, 2.75) is 44.4 Å². The second kappa shape index (κ2) is 6.37. The van der Waals surface area contributed by atoms with Crippen molar-refractivity contribution in [1.82, 2.24) is 0 Å². The average Bonchev–Trinajstić information content (AvgIpc) is 3.19. The number of halogens is 1. The van der Waals surface area contributed by atoms with Crippen molar-refractivity contribution in [3.63, 3.8) is 0 Å². The number of methoxy groups -OCH3 is 1. The summed E-state index contributed by atoms with van der Waals surface area (Å²) in [6.07, 6.45) is 0. The summed E-state index contributed by atoms with van der Waals surface area (Å²) in [4.78, 5) is 4.59. The molecule has 3 aliphatic rings. The highest BCUT2D eigenvalue weighted by Gasteiger charge is 2.53. The molecular formula is C22H24BFN2O5. The highest BCUT2D eigenvalue weighted by molar-refractivity contribution is 6.62. The van der Waals surface area contributed by atoms with Gasteiger partial charge in [0.25, 0.3) is 6.02 Å². The predicted octanol–water partition coefficient (Wildman–Crippen LogP) is 2.83. The molecule has 0 radical (unpaired) electrons. The van der Waals surface area contributed by atoms with Crippen LogP contribution in [0.3, 0.4) is 0 Å². The van der Waals surface area contributed by atoms with Gasteiger partial charge in [0.15, 0.2) is 17.1 Å². The van der Waals surface area contributed by atoms with Crippen LogP contribution in [0.1, 0.15) is 38.8 Å². The number of rotatable bonds is 2. The second-order valence-electron chi connectivity index (χ2n) is 9.03.